The molecule has 1 aliphatic carbocycles. The molecule has 2 rings (SSSR count). The molecule has 2 unspecified atom stereocenters. The van der Waals surface area contributed by atoms with E-state index in [9.17, 15) is 0 Å². The van der Waals surface area contributed by atoms with E-state index < -0.39 is 0 Å². The van der Waals surface area contributed by atoms with Crippen molar-refractivity contribution in [1.82, 2.24) is 4.98 Å². The lowest BCUT2D eigenvalue weighted by molar-refractivity contribution is 0.371. The van der Waals surface area contributed by atoms with Crippen molar-refractivity contribution in [3.8, 4) is 0 Å². The Hall–Kier alpha value is -0.370. The molecule has 1 nitrogen and oxygen atoms in total. The van der Waals surface area contributed by atoms with Gasteiger partial charge in [-0.25, -0.2) is 0 Å². The van der Waals surface area contributed by atoms with Gasteiger partial charge in [-0.15, -0.1) is 0 Å². The second kappa shape index (κ2) is 4.92. The van der Waals surface area contributed by atoms with Crippen molar-refractivity contribution >= 4 is 15.9 Å². The molecule has 2 heteroatoms. The lowest BCUT2D eigenvalue weighted by Crippen LogP contribution is -2.21. The van der Waals surface area contributed by atoms with Crippen molar-refractivity contribution in [2.75, 3.05) is 0 Å². The van der Waals surface area contributed by atoms with Gasteiger partial charge in [0.2, 0.25) is 0 Å². The molecule has 0 aromatic carbocycles. The summed E-state index contributed by atoms with van der Waals surface area (Å²) in [7, 11) is 0. The normalized spacial score (nSPS) is 27.5. The number of alkyl halides is 1. The molecule has 0 radical (unpaired) electrons. The summed E-state index contributed by atoms with van der Waals surface area (Å²) >= 11 is 3.78. The first-order chi connectivity index (χ1) is 6.86. The van der Waals surface area contributed by atoms with Crippen LogP contribution in [0.15, 0.2) is 24.4 Å². The summed E-state index contributed by atoms with van der Waals surface area (Å²) in [5, 5.41) is 0. The van der Waals surface area contributed by atoms with Crippen LogP contribution in [-0.2, 0) is 6.42 Å². The number of hydrogen-bond donors (Lipinski definition) is 0. The van der Waals surface area contributed by atoms with Crippen LogP contribution >= 0.6 is 15.9 Å². The smallest absolute Gasteiger partial charge is 0.0406 e. The minimum absolute atomic E-state index is 0.707. The molecule has 1 heterocycles. The minimum Gasteiger partial charge on any atom is -0.261 e. The molecule has 0 N–H and O–H groups in total. The van der Waals surface area contributed by atoms with E-state index in [1.54, 1.807) is 0 Å². The number of nitrogens with zero attached hydrogens (tertiary/aromatic N) is 1. The molecule has 1 aromatic rings. The van der Waals surface area contributed by atoms with E-state index in [1.165, 1.54) is 31.4 Å². The molecule has 14 heavy (non-hydrogen) atoms. The van der Waals surface area contributed by atoms with Crippen LogP contribution in [0.4, 0.5) is 0 Å². The highest BCUT2D eigenvalue weighted by Gasteiger charge is 2.22. The van der Waals surface area contributed by atoms with Gasteiger partial charge in [0.15, 0.2) is 0 Å². The summed E-state index contributed by atoms with van der Waals surface area (Å²) in [6.45, 7) is 0. The van der Waals surface area contributed by atoms with Gasteiger partial charge in [-0.3, -0.25) is 4.98 Å². The molecule has 1 saturated carbocycles. The molecule has 0 aliphatic heterocycles. The molecule has 0 bridgehead atoms. The number of hydrogen-bond acceptors (Lipinski definition) is 1. The maximum absolute atomic E-state index is 4.39. The number of aromatic nitrogens is 1. The lowest BCUT2D eigenvalue weighted by Gasteiger charge is -2.26. The highest BCUT2D eigenvalue weighted by Crippen LogP contribution is 2.31. The lowest BCUT2D eigenvalue weighted by atomic mass is 9.86. The Morgan fingerprint density at radius 2 is 2.14 bits per heavy atom. The third-order valence-electron chi connectivity index (χ3n) is 3.01. The molecule has 2 atom stereocenters. The van der Waals surface area contributed by atoms with Crippen LogP contribution in [0.25, 0.3) is 0 Å². The zero-order chi connectivity index (χ0) is 9.80. The zero-order valence-electron chi connectivity index (χ0n) is 8.32. The molecule has 0 spiro atoms. The van der Waals surface area contributed by atoms with Crippen molar-refractivity contribution in [2.45, 2.75) is 36.9 Å². The van der Waals surface area contributed by atoms with Gasteiger partial charge in [-0.05, 0) is 37.3 Å². The Morgan fingerprint density at radius 3 is 2.86 bits per heavy atom. The topological polar surface area (TPSA) is 12.9 Å². The molecule has 1 fully saturated rings. The van der Waals surface area contributed by atoms with Crippen LogP contribution < -0.4 is 0 Å². The predicted molar refractivity (Wildman–Crippen MR) is 62.6 cm³/mol. The number of pyridine rings is 1. The van der Waals surface area contributed by atoms with E-state index in [0.29, 0.717) is 4.83 Å². The molecule has 1 aliphatic rings. The first-order valence-corrected chi connectivity index (χ1v) is 6.32. The van der Waals surface area contributed by atoms with Crippen LogP contribution in [0.5, 0.6) is 0 Å². The van der Waals surface area contributed by atoms with Gasteiger partial charge in [0.05, 0.1) is 0 Å². The molecular formula is C12H16BrN. The van der Waals surface area contributed by atoms with Crippen LogP contribution in [0.2, 0.25) is 0 Å². The second-order valence-electron chi connectivity index (χ2n) is 4.09. The van der Waals surface area contributed by atoms with Crippen LogP contribution in [0.3, 0.4) is 0 Å². The van der Waals surface area contributed by atoms with Crippen molar-refractivity contribution in [3.05, 3.63) is 30.1 Å². The molecule has 76 valence electrons. The van der Waals surface area contributed by atoms with Gasteiger partial charge < -0.3 is 0 Å². The quantitative estimate of drug-likeness (QED) is 0.735. The Labute approximate surface area is 94.1 Å². The van der Waals surface area contributed by atoms with Crippen molar-refractivity contribution in [1.29, 1.82) is 0 Å². The van der Waals surface area contributed by atoms with Gasteiger partial charge in [-0.2, -0.15) is 0 Å². The van der Waals surface area contributed by atoms with E-state index in [0.717, 1.165) is 12.3 Å². The molecule has 0 saturated heterocycles. The average Bonchev–Trinajstić information content (AvgIpc) is 2.23. The van der Waals surface area contributed by atoms with Gasteiger partial charge >= 0.3 is 0 Å². The molecule has 1 aromatic heterocycles. The predicted octanol–water partition coefficient (Wildman–Crippen LogP) is 3.58. The number of halogens is 1. The van der Waals surface area contributed by atoms with E-state index in [2.05, 4.69) is 33.0 Å². The minimum atomic E-state index is 0.707. The SMILES string of the molecule is BrC1CCCCC1Cc1ccccn1. The standard InChI is InChI=1S/C12H16BrN/c13-12-7-2-1-5-10(12)9-11-6-3-4-8-14-11/h3-4,6,8,10,12H,1-2,5,7,9H2. The van der Waals surface area contributed by atoms with E-state index in [-0.39, 0.29) is 0 Å². The zero-order valence-corrected chi connectivity index (χ0v) is 9.91. The van der Waals surface area contributed by atoms with Crippen molar-refractivity contribution < 1.29 is 0 Å². The van der Waals surface area contributed by atoms with Crippen molar-refractivity contribution in [2.24, 2.45) is 5.92 Å². The van der Waals surface area contributed by atoms with E-state index in [4.69, 9.17) is 0 Å². The third-order valence-corrected chi connectivity index (χ3v) is 4.22. The fraction of sp³-hybridized carbons (Fsp3) is 0.583. The highest BCUT2D eigenvalue weighted by molar-refractivity contribution is 9.09. The largest absolute Gasteiger partial charge is 0.261 e. The third kappa shape index (κ3) is 2.57. The van der Waals surface area contributed by atoms with E-state index in [1.807, 2.05) is 12.3 Å². The highest BCUT2D eigenvalue weighted by atomic mass is 79.9. The first kappa shape index (κ1) is 10.2. The van der Waals surface area contributed by atoms with Gasteiger partial charge in [0.25, 0.3) is 0 Å². The maximum Gasteiger partial charge on any atom is 0.0406 e. The summed E-state index contributed by atoms with van der Waals surface area (Å²) < 4.78 is 0. The van der Waals surface area contributed by atoms with Crippen molar-refractivity contribution in [3.63, 3.8) is 0 Å². The summed E-state index contributed by atoms with van der Waals surface area (Å²) in [4.78, 5) is 5.09. The fourth-order valence-electron chi connectivity index (χ4n) is 2.18. The first-order valence-electron chi connectivity index (χ1n) is 5.40. The Balaban J connectivity index is 1.96. The van der Waals surface area contributed by atoms with E-state index >= 15 is 0 Å². The number of rotatable bonds is 2. The fourth-order valence-corrected chi connectivity index (χ4v) is 2.95. The average molecular weight is 254 g/mol. The Morgan fingerprint density at radius 1 is 1.29 bits per heavy atom. The maximum atomic E-state index is 4.39. The van der Waals surface area contributed by atoms with Gasteiger partial charge in [-0.1, -0.05) is 34.8 Å². The summed E-state index contributed by atoms with van der Waals surface area (Å²) in [5.41, 5.74) is 1.24. The van der Waals surface area contributed by atoms with Crippen LogP contribution in [0.1, 0.15) is 31.4 Å². The molecular weight excluding hydrogens is 238 g/mol. The summed E-state index contributed by atoms with van der Waals surface area (Å²) in [5.74, 6) is 0.790. The van der Waals surface area contributed by atoms with Gasteiger partial charge in [0, 0.05) is 16.7 Å². The summed E-state index contributed by atoms with van der Waals surface area (Å²) in [6.07, 6.45) is 8.48. The summed E-state index contributed by atoms with van der Waals surface area (Å²) in [6, 6.07) is 6.19. The molecule has 0 amide bonds. The van der Waals surface area contributed by atoms with Crippen LogP contribution in [0, 0.1) is 5.92 Å². The second-order valence-corrected chi connectivity index (χ2v) is 5.26. The Bertz CT molecular complexity index is 273. The van der Waals surface area contributed by atoms with Gasteiger partial charge in [0.1, 0.15) is 0 Å². The monoisotopic (exact) mass is 253 g/mol. The Kier molecular flexibility index (Phi) is 3.57. The van der Waals surface area contributed by atoms with Crippen LogP contribution in [-0.4, -0.2) is 9.81 Å².